The zero-order chi connectivity index (χ0) is 17.9. The van der Waals surface area contributed by atoms with Gasteiger partial charge in [0.2, 0.25) is 11.7 Å². The zero-order valence-corrected chi connectivity index (χ0v) is 14.9. The van der Waals surface area contributed by atoms with Gasteiger partial charge in [-0.3, -0.25) is 4.40 Å². The fourth-order valence-corrected chi connectivity index (χ4v) is 4.81. The minimum Gasteiger partial charge on any atom is -0.477 e. The molecule has 2 unspecified atom stereocenters. The Hall–Kier alpha value is -2.15. The summed E-state index contributed by atoms with van der Waals surface area (Å²) in [6, 6.07) is 0. The fourth-order valence-electron chi connectivity index (χ4n) is 4.81. The molecular formula is C19H23N3O4. The van der Waals surface area contributed by atoms with E-state index in [2.05, 4.69) is 11.9 Å². The van der Waals surface area contributed by atoms with Crippen LogP contribution in [-0.4, -0.2) is 43.8 Å². The molecule has 0 spiro atoms. The van der Waals surface area contributed by atoms with E-state index >= 15 is 0 Å². The number of aromatic nitrogens is 3. The summed E-state index contributed by atoms with van der Waals surface area (Å²) in [6.07, 6.45) is 10.7. The summed E-state index contributed by atoms with van der Waals surface area (Å²) in [5, 5.41) is 9.58. The number of carboxylic acid groups (broad SMARTS) is 1. The van der Waals surface area contributed by atoms with E-state index in [-0.39, 0.29) is 28.6 Å². The van der Waals surface area contributed by atoms with Gasteiger partial charge in [-0.15, -0.1) is 0 Å². The van der Waals surface area contributed by atoms with E-state index in [1.54, 1.807) is 10.6 Å². The van der Waals surface area contributed by atoms with Gasteiger partial charge in [0.15, 0.2) is 0 Å². The van der Waals surface area contributed by atoms with Crippen molar-refractivity contribution in [2.45, 2.75) is 69.0 Å². The summed E-state index contributed by atoms with van der Waals surface area (Å²) in [4.78, 5) is 20.9. The first-order valence-electron chi connectivity index (χ1n) is 9.41. The fraction of sp³-hybridized carbons (Fsp3) is 0.632. The molecule has 1 saturated heterocycles. The van der Waals surface area contributed by atoms with E-state index in [4.69, 9.17) is 14.5 Å². The lowest BCUT2D eigenvalue weighted by molar-refractivity contribution is -0.00627. The lowest BCUT2D eigenvalue weighted by atomic mass is 9.84. The normalized spacial score (nSPS) is 31.1. The number of hydrogen-bond acceptors (Lipinski definition) is 5. The molecule has 1 aliphatic heterocycles. The third-order valence-electron chi connectivity index (χ3n) is 6.31. The molecule has 3 aliphatic rings. The minimum atomic E-state index is -1.03. The van der Waals surface area contributed by atoms with Gasteiger partial charge in [0, 0.05) is 17.8 Å². The van der Waals surface area contributed by atoms with Gasteiger partial charge in [0.25, 0.3) is 0 Å². The predicted molar refractivity (Wildman–Crippen MR) is 92.7 cm³/mol. The second-order valence-electron chi connectivity index (χ2n) is 8.32. The highest BCUT2D eigenvalue weighted by molar-refractivity contribution is 5.90. The molecule has 5 rings (SSSR count). The maximum absolute atomic E-state index is 11.7. The summed E-state index contributed by atoms with van der Waals surface area (Å²) in [5.74, 6) is -0.350. The average Bonchev–Trinajstić information content (AvgIpc) is 3.35. The number of carboxylic acids is 1. The number of ether oxygens (including phenoxy) is 2. The van der Waals surface area contributed by atoms with Gasteiger partial charge in [-0.2, -0.15) is 4.98 Å². The Morgan fingerprint density at radius 3 is 2.73 bits per heavy atom. The second kappa shape index (κ2) is 5.42. The zero-order valence-electron chi connectivity index (χ0n) is 14.9. The molecule has 7 heteroatoms. The molecule has 2 aromatic heterocycles. The largest absolute Gasteiger partial charge is 0.477 e. The lowest BCUT2D eigenvalue weighted by Crippen LogP contribution is -2.26. The first kappa shape index (κ1) is 16.1. The Bertz CT molecular complexity index is 876. The summed E-state index contributed by atoms with van der Waals surface area (Å²) < 4.78 is 13.6. The molecule has 2 bridgehead atoms. The topological polar surface area (TPSA) is 86.0 Å². The van der Waals surface area contributed by atoms with E-state index in [0.717, 1.165) is 50.6 Å². The van der Waals surface area contributed by atoms with Crippen LogP contribution >= 0.6 is 0 Å². The van der Waals surface area contributed by atoms with Crippen molar-refractivity contribution in [1.82, 2.24) is 14.4 Å². The Labute approximate surface area is 151 Å². The van der Waals surface area contributed by atoms with Crippen LogP contribution in [0.1, 0.15) is 67.9 Å². The van der Waals surface area contributed by atoms with Gasteiger partial charge in [0.05, 0.1) is 17.9 Å². The number of nitrogens with zero attached hydrogens (tertiary/aromatic N) is 3. The van der Waals surface area contributed by atoms with Crippen LogP contribution in [0.3, 0.4) is 0 Å². The van der Waals surface area contributed by atoms with Gasteiger partial charge in [-0.25, -0.2) is 9.78 Å². The van der Waals surface area contributed by atoms with Crippen LogP contribution in [0, 0.1) is 0 Å². The van der Waals surface area contributed by atoms with Crippen LogP contribution in [0.2, 0.25) is 0 Å². The second-order valence-corrected chi connectivity index (χ2v) is 8.32. The van der Waals surface area contributed by atoms with Gasteiger partial charge in [-0.1, -0.05) is 0 Å². The van der Waals surface area contributed by atoms with Crippen LogP contribution in [-0.2, 0) is 10.2 Å². The van der Waals surface area contributed by atoms with Crippen molar-refractivity contribution < 1.29 is 19.4 Å². The standard InChI is InChI=1S/C19H23N3O4/c1-18-6-7-19(10-18,11-25-18)14-9-22-8-13(16(23)24)15(21-17(22)20-14)26-12-4-2-3-5-12/h8-9,12H,2-7,10-11H2,1H3,(H,23,24). The van der Waals surface area contributed by atoms with Crippen molar-refractivity contribution in [2.24, 2.45) is 0 Å². The molecule has 2 saturated carbocycles. The number of imidazole rings is 1. The monoisotopic (exact) mass is 357 g/mol. The first-order valence-corrected chi connectivity index (χ1v) is 9.41. The Morgan fingerprint density at radius 1 is 1.31 bits per heavy atom. The Balaban J connectivity index is 1.55. The third-order valence-corrected chi connectivity index (χ3v) is 6.31. The van der Waals surface area contributed by atoms with Crippen LogP contribution < -0.4 is 4.74 Å². The van der Waals surface area contributed by atoms with Crippen molar-refractivity contribution in [2.75, 3.05) is 6.61 Å². The molecule has 1 N–H and O–H groups in total. The number of rotatable bonds is 4. The van der Waals surface area contributed by atoms with Crippen LogP contribution in [0.15, 0.2) is 12.4 Å². The van der Waals surface area contributed by atoms with Crippen LogP contribution in [0.5, 0.6) is 5.88 Å². The van der Waals surface area contributed by atoms with E-state index in [1.807, 2.05) is 6.20 Å². The number of aromatic carboxylic acids is 1. The van der Waals surface area contributed by atoms with E-state index < -0.39 is 5.97 Å². The van der Waals surface area contributed by atoms with Gasteiger partial charge >= 0.3 is 5.97 Å². The highest BCUT2D eigenvalue weighted by Crippen LogP contribution is 2.53. The van der Waals surface area contributed by atoms with Gasteiger partial charge in [0.1, 0.15) is 11.7 Å². The SMILES string of the molecule is CC12CCC(c3cn4cc(C(=O)O)c(OC5CCCC5)nc4n3)(CO1)C2. The van der Waals surface area contributed by atoms with Crippen LogP contribution in [0.25, 0.3) is 5.78 Å². The quantitative estimate of drug-likeness (QED) is 0.905. The predicted octanol–water partition coefficient (Wildman–Crippen LogP) is 2.96. The summed E-state index contributed by atoms with van der Waals surface area (Å²) in [6.45, 7) is 2.83. The van der Waals surface area contributed by atoms with E-state index in [0.29, 0.717) is 12.4 Å². The lowest BCUT2D eigenvalue weighted by Gasteiger charge is -2.24. The van der Waals surface area contributed by atoms with Crippen molar-refractivity contribution >= 4 is 11.7 Å². The first-order chi connectivity index (χ1) is 12.5. The maximum atomic E-state index is 11.7. The average molecular weight is 357 g/mol. The molecule has 26 heavy (non-hydrogen) atoms. The van der Waals surface area contributed by atoms with Crippen molar-refractivity contribution in [1.29, 1.82) is 0 Å². The van der Waals surface area contributed by atoms with E-state index in [9.17, 15) is 9.90 Å². The molecule has 2 aromatic rings. The van der Waals surface area contributed by atoms with E-state index in [1.165, 1.54) is 0 Å². The molecule has 3 fully saturated rings. The number of fused-ring (bicyclic) bond motifs is 3. The van der Waals surface area contributed by atoms with Crippen molar-refractivity contribution in [3.05, 3.63) is 23.7 Å². The van der Waals surface area contributed by atoms with Crippen molar-refractivity contribution in [3.8, 4) is 5.88 Å². The molecule has 2 atom stereocenters. The molecule has 0 amide bonds. The van der Waals surface area contributed by atoms with Crippen molar-refractivity contribution in [3.63, 3.8) is 0 Å². The highest BCUT2D eigenvalue weighted by atomic mass is 16.5. The van der Waals surface area contributed by atoms with Gasteiger partial charge < -0.3 is 14.6 Å². The summed E-state index contributed by atoms with van der Waals surface area (Å²) in [7, 11) is 0. The Morgan fingerprint density at radius 2 is 2.12 bits per heavy atom. The smallest absolute Gasteiger partial charge is 0.342 e. The highest BCUT2D eigenvalue weighted by Gasteiger charge is 2.55. The number of carbonyl (C=O) groups is 1. The number of hydrogen-bond donors (Lipinski definition) is 1. The Kier molecular flexibility index (Phi) is 3.35. The molecule has 2 aliphatic carbocycles. The molecular weight excluding hydrogens is 334 g/mol. The van der Waals surface area contributed by atoms with Crippen LogP contribution in [0.4, 0.5) is 0 Å². The van der Waals surface area contributed by atoms with Gasteiger partial charge in [-0.05, 0) is 51.9 Å². The molecule has 0 aromatic carbocycles. The maximum Gasteiger partial charge on any atom is 0.342 e. The minimum absolute atomic E-state index is 0.0494. The summed E-state index contributed by atoms with van der Waals surface area (Å²) in [5.41, 5.74) is 0.912. The molecule has 7 nitrogen and oxygen atoms in total. The third kappa shape index (κ3) is 2.40. The molecule has 0 radical (unpaired) electrons. The molecule has 138 valence electrons. The summed E-state index contributed by atoms with van der Waals surface area (Å²) >= 11 is 0. The molecule has 3 heterocycles.